The molecule has 156 valence electrons. The summed E-state index contributed by atoms with van der Waals surface area (Å²) in [4.78, 5) is 49.6. The number of nitro groups is 1. The Balaban J connectivity index is 1.67. The summed E-state index contributed by atoms with van der Waals surface area (Å²) < 4.78 is 0. The van der Waals surface area contributed by atoms with Gasteiger partial charge in [-0.2, -0.15) is 0 Å². The Hall–Kier alpha value is -3.75. The van der Waals surface area contributed by atoms with Gasteiger partial charge in [-0.1, -0.05) is 18.2 Å². The molecule has 1 heterocycles. The number of benzene rings is 2. The van der Waals surface area contributed by atoms with Crippen LogP contribution in [0.25, 0.3) is 0 Å². The average molecular weight is 410 g/mol. The molecule has 1 aliphatic heterocycles. The van der Waals surface area contributed by atoms with E-state index in [0.717, 1.165) is 5.56 Å². The third-order valence-electron chi connectivity index (χ3n) is 5.02. The number of aryl methyl sites for hydroxylation is 1. The van der Waals surface area contributed by atoms with Crippen LogP contribution in [0.3, 0.4) is 0 Å². The predicted octanol–water partition coefficient (Wildman–Crippen LogP) is 3.26. The fraction of sp³-hybridized carbons (Fsp3) is 0.286. The van der Waals surface area contributed by atoms with Gasteiger partial charge in [0.05, 0.1) is 10.6 Å². The van der Waals surface area contributed by atoms with E-state index in [9.17, 15) is 24.5 Å². The van der Waals surface area contributed by atoms with Crippen LogP contribution in [-0.4, -0.2) is 40.8 Å². The lowest BCUT2D eigenvalue weighted by molar-refractivity contribution is -0.384. The SMILES string of the molecule is CC(=O)N1CCN(c2cccc(NC(=O)CCc3cccc([N+](=O)[O-])c3)c2C)C1=O. The molecule has 9 nitrogen and oxygen atoms in total. The summed E-state index contributed by atoms with van der Waals surface area (Å²) in [5.74, 6) is -0.536. The number of amides is 4. The van der Waals surface area contributed by atoms with Gasteiger partial charge in [0.15, 0.2) is 0 Å². The molecule has 0 unspecified atom stereocenters. The van der Waals surface area contributed by atoms with E-state index in [4.69, 9.17) is 0 Å². The molecule has 30 heavy (non-hydrogen) atoms. The van der Waals surface area contributed by atoms with E-state index in [1.165, 1.54) is 28.9 Å². The highest BCUT2D eigenvalue weighted by Crippen LogP contribution is 2.29. The molecule has 1 N–H and O–H groups in total. The van der Waals surface area contributed by atoms with Crippen molar-refractivity contribution >= 4 is 34.9 Å². The summed E-state index contributed by atoms with van der Waals surface area (Å²) in [7, 11) is 0. The van der Waals surface area contributed by atoms with Crippen molar-refractivity contribution in [2.45, 2.75) is 26.7 Å². The van der Waals surface area contributed by atoms with Crippen molar-refractivity contribution in [2.24, 2.45) is 0 Å². The fourth-order valence-corrected chi connectivity index (χ4v) is 3.40. The molecule has 0 saturated carbocycles. The summed E-state index contributed by atoms with van der Waals surface area (Å²) in [6.45, 7) is 3.87. The normalized spacial score (nSPS) is 13.5. The summed E-state index contributed by atoms with van der Waals surface area (Å²) in [6, 6.07) is 11.1. The third kappa shape index (κ3) is 4.45. The van der Waals surface area contributed by atoms with Crippen LogP contribution in [0, 0.1) is 17.0 Å². The van der Waals surface area contributed by atoms with Gasteiger partial charge in [0.1, 0.15) is 0 Å². The van der Waals surface area contributed by atoms with E-state index < -0.39 is 4.92 Å². The highest BCUT2D eigenvalue weighted by molar-refractivity contribution is 6.05. The van der Waals surface area contributed by atoms with Crippen molar-refractivity contribution in [3.8, 4) is 0 Å². The number of non-ortho nitro benzene ring substituents is 1. The smallest absolute Gasteiger partial charge is 0.326 e. The lowest BCUT2D eigenvalue weighted by Gasteiger charge is -2.20. The highest BCUT2D eigenvalue weighted by Gasteiger charge is 2.33. The Kier molecular flexibility index (Phi) is 6.10. The number of rotatable bonds is 6. The second-order valence-electron chi connectivity index (χ2n) is 7.03. The molecular weight excluding hydrogens is 388 g/mol. The maximum atomic E-state index is 12.5. The third-order valence-corrected chi connectivity index (χ3v) is 5.02. The van der Waals surface area contributed by atoms with E-state index in [0.29, 0.717) is 36.4 Å². The Morgan fingerprint density at radius 2 is 1.90 bits per heavy atom. The van der Waals surface area contributed by atoms with Crippen molar-refractivity contribution in [2.75, 3.05) is 23.3 Å². The number of urea groups is 1. The Morgan fingerprint density at radius 1 is 1.17 bits per heavy atom. The van der Waals surface area contributed by atoms with Gasteiger partial charge in [-0.3, -0.25) is 29.5 Å². The van der Waals surface area contributed by atoms with Gasteiger partial charge in [0.25, 0.3) is 5.69 Å². The number of carbonyl (C=O) groups is 3. The minimum atomic E-state index is -0.467. The number of nitrogens with zero attached hydrogens (tertiary/aromatic N) is 3. The first-order chi connectivity index (χ1) is 14.3. The van der Waals surface area contributed by atoms with Crippen LogP contribution in [0.5, 0.6) is 0 Å². The van der Waals surface area contributed by atoms with Gasteiger partial charge in [-0.15, -0.1) is 0 Å². The topological polar surface area (TPSA) is 113 Å². The molecule has 2 aromatic carbocycles. The predicted molar refractivity (Wildman–Crippen MR) is 111 cm³/mol. The van der Waals surface area contributed by atoms with E-state index in [1.54, 1.807) is 37.3 Å². The Bertz CT molecular complexity index is 1020. The molecule has 3 rings (SSSR count). The number of anilines is 2. The maximum absolute atomic E-state index is 12.5. The van der Waals surface area contributed by atoms with Crippen molar-refractivity contribution in [1.29, 1.82) is 0 Å². The molecule has 0 spiro atoms. The lowest BCUT2D eigenvalue weighted by Crippen LogP contribution is -2.35. The lowest BCUT2D eigenvalue weighted by atomic mass is 10.1. The zero-order valence-electron chi connectivity index (χ0n) is 16.8. The van der Waals surface area contributed by atoms with Gasteiger partial charge < -0.3 is 5.32 Å². The number of imide groups is 1. The maximum Gasteiger partial charge on any atom is 0.331 e. The zero-order chi connectivity index (χ0) is 21.8. The number of nitrogens with one attached hydrogen (secondary N) is 1. The molecule has 0 aromatic heterocycles. The number of hydrogen-bond acceptors (Lipinski definition) is 5. The largest absolute Gasteiger partial charge is 0.331 e. The molecule has 0 atom stereocenters. The van der Waals surface area contributed by atoms with Gasteiger partial charge >= 0.3 is 6.03 Å². The molecule has 1 saturated heterocycles. The molecule has 9 heteroatoms. The first-order valence-electron chi connectivity index (χ1n) is 9.50. The van der Waals surface area contributed by atoms with Crippen LogP contribution in [0.15, 0.2) is 42.5 Å². The van der Waals surface area contributed by atoms with Crippen molar-refractivity contribution < 1.29 is 19.3 Å². The molecule has 0 aliphatic carbocycles. The number of hydrogen-bond donors (Lipinski definition) is 1. The molecular formula is C21H22N4O5. The summed E-state index contributed by atoms with van der Waals surface area (Å²) in [6.07, 6.45) is 0.524. The number of nitro benzene ring substituents is 1. The van der Waals surface area contributed by atoms with Crippen LogP contribution in [0.1, 0.15) is 24.5 Å². The minimum Gasteiger partial charge on any atom is -0.326 e. The molecule has 0 radical (unpaired) electrons. The standard InChI is InChI=1S/C21H22N4O5/c1-14-18(7-4-8-19(14)24-12-11-23(15(2)26)21(24)28)22-20(27)10-9-16-5-3-6-17(13-16)25(29)30/h3-8,13H,9-12H2,1-2H3,(H,22,27). The molecule has 1 fully saturated rings. The minimum absolute atomic E-state index is 0.00802. The molecule has 1 aliphatic rings. The van der Waals surface area contributed by atoms with Gasteiger partial charge in [-0.25, -0.2) is 4.79 Å². The highest BCUT2D eigenvalue weighted by atomic mass is 16.6. The fourth-order valence-electron chi connectivity index (χ4n) is 3.40. The molecule has 0 bridgehead atoms. The molecule has 2 aromatic rings. The van der Waals surface area contributed by atoms with Crippen LogP contribution < -0.4 is 10.2 Å². The Labute approximate surface area is 173 Å². The van der Waals surface area contributed by atoms with Gasteiger partial charge in [0.2, 0.25) is 11.8 Å². The van der Waals surface area contributed by atoms with Gasteiger partial charge in [0, 0.05) is 44.3 Å². The zero-order valence-corrected chi connectivity index (χ0v) is 16.8. The van der Waals surface area contributed by atoms with Crippen molar-refractivity contribution in [3.05, 3.63) is 63.7 Å². The molecule has 4 amide bonds. The van der Waals surface area contributed by atoms with E-state index in [-0.39, 0.29) is 30.0 Å². The average Bonchev–Trinajstić information content (AvgIpc) is 3.09. The van der Waals surface area contributed by atoms with Crippen LogP contribution >= 0.6 is 0 Å². The van der Waals surface area contributed by atoms with Crippen LogP contribution in [-0.2, 0) is 16.0 Å². The summed E-state index contributed by atoms with van der Waals surface area (Å²) >= 11 is 0. The summed E-state index contributed by atoms with van der Waals surface area (Å²) in [5, 5.41) is 13.7. The van der Waals surface area contributed by atoms with Crippen molar-refractivity contribution in [3.63, 3.8) is 0 Å². The van der Waals surface area contributed by atoms with Crippen molar-refractivity contribution in [1.82, 2.24) is 4.90 Å². The van der Waals surface area contributed by atoms with Gasteiger partial charge in [-0.05, 0) is 36.6 Å². The second-order valence-corrected chi connectivity index (χ2v) is 7.03. The first kappa shape index (κ1) is 21.0. The quantitative estimate of drug-likeness (QED) is 0.580. The second kappa shape index (κ2) is 8.73. The van der Waals surface area contributed by atoms with E-state index in [2.05, 4.69) is 5.32 Å². The van der Waals surface area contributed by atoms with E-state index >= 15 is 0 Å². The summed E-state index contributed by atoms with van der Waals surface area (Å²) in [5.41, 5.74) is 2.63. The first-order valence-corrected chi connectivity index (χ1v) is 9.50. The van der Waals surface area contributed by atoms with E-state index in [1.807, 2.05) is 0 Å². The Morgan fingerprint density at radius 3 is 2.57 bits per heavy atom. The van der Waals surface area contributed by atoms with Crippen LogP contribution in [0.2, 0.25) is 0 Å². The van der Waals surface area contributed by atoms with Crippen LogP contribution in [0.4, 0.5) is 21.9 Å². The number of carbonyl (C=O) groups excluding carboxylic acids is 3. The monoisotopic (exact) mass is 410 g/mol.